The molecule has 0 unspecified atom stereocenters. The van der Waals surface area contributed by atoms with Gasteiger partial charge < -0.3 is 10.3 Å². The summed E-state index contributed by atoms with van der Waals surface area (Å²) < 4.78 is 0. The molecule has 5 nitrogen and oxygen atoms in total. The third kappa shape index (κ3) is 3.83. The highest BCUT2D eigenvalue weighted by atomic mass is 16.2. The van der Waals surface area contributed by atoms with E-state index in [1.807, 2.05) is 19.9 Å². The molecule has 0 aromatic carbocycles. The number of aromatic amines is 1. The zero-order chi connectivity index (χ0) is 17.0. The first-order valence-corrected chi connectivity index (χ1v) is 8.59. The molecule has 1 heterocycles. The number of rotatable bonds is 5. The predicted molar refractivity (Wildman–Crippen MR) is 93.0 cm³/mol. The van der Waals surface area contributed by atoms with Crippen molar-refractivity contribution in [1.29, 1.82) is 0 Å². The minimum atomic E-state index is -0.304. The number of aryl methyl sites for hydroxylation is 2. The smallest absolute Gasteiger partial charge is 0.261 e. The summed E-state index contributed by atoms with van der Waals surface area (Å²) in [6, 6.07) is 1.84. The van der Waals surface area contributed by atoms with Crippen molar-refractivity contribution in [3.05, 3.63) is 33.2 Å². The zero-order valence-electron chi connectivity index (χ0n) is 14.8. The van der Waals surface area contributed by atoms with Crippen LogP contribution in [0.3, 0.4) is 0 Å². The fourth-order valence-electron chi connectivity index (χ4n) is 3.71. The van der Waals surface area contributed by atoms with Gasteiger partial charge in [-0.15, -0.1) is 0 Å². The van der Waals surface area contributed by atoms with Gasteiger partial charge in [-0.05, 0) is 51.9 Å². The summed E-state index contributed by atoms with van der Waals surface area (Å²) >= 11 is 0. The summed E-state index contributed by atoms with van der Waals surface area (Å²) in [6.07, 6.45) is 5.86. The van der Waals surface area contributed by atoms with Gasteiger partial charge in [-0.1, -0.05) is 26.2 Å². The predicted octanol–water partition coefficient (Wildman–Crippen LogP) is 2.38. The third-order valence-corrected chi connectivity index (χ3v) is 5.24. The van der Waals surface area contributed by atoms with Crippen molar-refractivity contribution in [2.45, 2.75) is 58.4 Å². The molecular weight excluding hydrogens is 290 g/mol. The second-order valence-electron chi connectivity index (χ2n) is 6.82. The monoisotopic (exact) mass is 319 g/mol. The van der Waals surface area contributed by atoms with E-state index in [1.165, 1.54) is 19.3 Å². The fraction of sp³-hybridized carbons (Fsp3) is 0.667. The average molecular weight is 319 g/mol. The lowest BCUT2D eigenvalue weighted by molar-refractivity contribution is 0.0698. The first-order valence-electron chi connectivity index (χ1n) is 8.59. The molecule has 1 aromatic rings. The number of H-pyrrole nitrogens is 1. The second kappa shape index (κ2) is 7.30. The van der Waals surface area contributed by atoms with Crippen LogP contribution in [-0.4, -0.2) is 41.5 Å². The standard InChI is InChI=1S/C18H29N3O2/c1-5-21(4)18(9-7-6-8-10-18)12-19-16(22)15-13(2)11-14(3)20-17(15)23/h11H,5-10,12H2,1-4H3,(H,19,22)(H,20,23). The number of pyridine rings is 1. The van der Waals surface area contributed by atoms with Crippen molar-refractivity contribution in [3.63, 3.8) is 0 Å². The van der Waals surface area contributed by atoms with Gasteiger partial charge in [0, 0.05) is 17.8 Å². The summed E-state index contributed by atoms with van der Waals surface area (Å²) in [5, 5.41) is 3.03. The Morgan fingerprint density at radius 2 is 1.96 bits per heavy atom. The van der Waals surface area contributed by atoms with Crippen LogP contribution in [0.2, 0.25) is 0 Å². The second-order valence-corrected chi connectivity index (χ2v) is 6.82. The fourth-order valence-corrected chi connectivity index (χ4v) is 3.71. The van der Waals surface area contributed by atoms with E-state index in [0.29, 0.717) is 6.54 Å². The topological polar surface area (TPSA) is 65.2 Å². The molecule has 1 fully saturated rings. The third-order valence-electron chi connectivity index (χ3n) is 5.24. The van der Waals surface area contributed by atoms with Crippen LogP contribution in [0.15, 0.2) is 10.9 Å². The molecule has 0 spiro atoms. The number of hydrogen-bond acceptors (Lipinski definition) is 3. The highest BCUT2D eigenvalue weighted by Crippen LogP contribution is 2.32. The summed E-state index contributed by atoms with van der Waals surface area (Å²) in [6.45, 7) is 7.34. The van der Waals surface area contributed by atoms with Gasteiger partial charge in [0.25, 0.3) is 11.5 Å². The number of amides is 1. The minimum Gasteiger partial charge on any atom is -0.350 e. The van der Waals surface area contributed by atoms with E-state index < -0.39 is 0 Å². The maximum atomic E-state index is 12.5. The molecule has 2 N–H and O–H groups in total. The van der Waals surface area contributed by atoms with Crippen LogP contribution >= 0.6 is 0 Å². The van der Waals surface area contributed by atoms with E-state index in [4.69, 9.17) is 0 Å². The Labute approximate surface area is 138 Å². The molecule has 5 heteroatoms. The summed E-state index contributed by atoms with van der Waals surface area (Å²) in [5.41, 5.74) is 1.46. The van der Waals surface area contributed by atoms with Crippen LogP contribution in [0.1, 0.15) is 60.6 Å². The SMILES string of the molecule is CCN(C)C1(CNC(=O)c2c(C)cc(C)[nH]c2=O)CCCCC1. The van der Waals surface area contributed by atoms with Crippen LogP contribution in [-0.2, 0) is 0 Å². The van der Waals surface area contributed by atoms with Gasteiger partial charge >= 0.3 is 0 Å². The number of hydrogen-bond donors (Lipinski definition) is 2. The Hall–Kier alpha value is -1.62. The zero-order valence-corrected chi connectivity index (χ0v) is 14.8. The van der Waals surface area contributed by atoms with E-state index in [9.17, 15) is 9.59 Å². The molecule has 2 rings (SSSR count). The van der Waals surface area contributed by atoms with Gasteiger partial charge in [-0.3, -0.25) is 14.5 Å². The van der Waals surface area contributed by atoms with E-state index >= 15 is 0 Å². The van der Waals surface area contributed by atoms with E-state index in [-0.39, 0.29) is 22.6 Å². The molecule has 0 radical (unpaired) electrons. The van der Waals surface area contributed by atoms with Crippen LogP contribution in [0, 0.1) is 13.8 Å². The highest BCUT2D eigenvalue weighted by Gasteiger charge is 2.35. The van der Waals surface area contributed by atoms with Gasteiger partial charge in [-0.2, -0.15) is 0 Å². The lowest BCUT2D eigenvalue weighted by Crippen LogP contribution is -2.55. The molecule has 1 saturated carbocycles. The number of carbonyl (C=O) groups excluding carboxylic acids is 1. The lowest BCUT2D eigenvalue weighted by Gasteiger charge is -2.44. The maximum Gasteiger partial charge on any atom is 0.261 e. The minimum absolute atomic E-state index is 0.0218. The van der Waals surface area contributed by atoms with Gasteiger partial charge in [0.15, 0.2) is 0 Å². The number of nitrogens with one attached hydrogen (secondary N) is 2. The summed E-state index contributed by atoms with van der Waals surface area (Å²) in [7, 11) is 2.13. The Bertz CT molecular complexity index is 615. The molecular formula is C18H29N3O2. The van der Waals surface area contributed by atoms with Crippen LogP contribution in [0.5, 0.6) is 0 Å². The summed E-state index contributed by atoms with van der Waals surface area (Å²) in [4.78, 5) is 29.7. The molecule has 0 bridgehead atoms. The van der Waals surface area contributed by atoms with Gasteiger partial charge in [0.2, 0.25) is 0 Å². The van der Waals surface area contributed by atoms with Gasteiger partial charge in [0.05, 0.1) is 0 Å². The van der Waals surface area contributed by atoms with Crippen LogP contribution < -0.4 is 10.9 Å². The summed E-state index contributed by atoms with van der Waals surface area (Å²) in [5.74, 6) is -0.266. The quantitative estimate of drug-likeness (QED) is 0.876. The number of likely N-dealkylation sites (N-methyl/N-ethyl adjacent to an activating group) is 1. The normalized spacial score (nSPS) is 17.3. The van der Waals surface area contributed by atoms with E-state index in [2.05, 4.69) is 29.2 Å². The largest absolute Gasteiger partial charge is 0.350 e. The Kier molecular flexibility index (Phi) is 5.63. The lowest BCUT2D eigenvalue weighted by atomic mass is 9.80. The number of carbonyl (C=O) groups is 1. The maximum absolute atomic E-state index is 12.5. The molecule has 1 amide bonds. The number of nitrogens with zero attached hydrogens (tertiary/aromatic N) is 1. The Balaban J connectivity index is 2.15. The van der Waals surface area contributed by atoms with Crippen LogP contribution in [0.4, 0.5) is 0 Å². The molecule has 0 saturated heterocycles. The highest BCUT2D eigenvalue weighted by molar-refractivity contribution is 5.95. The average Bonchev–Trinajstić information content (AvgIpc) is 2.52. The molecule has 1 aliphatic carbocycles. The van der Waals surface area contributed by atoms with Crippen LogP contribution in [0.25, 0.3) is 0 Å². The van der Waals surface area contributed by atoms with Crippen molar-refractivity contribution in [1.82, 2.24) is 15.2 Å². The number of aromatic nitrogens is 1. The molecule has 1 aliphatic rings. The molecule has 0 atom stereocenters. The first-order chi connectivity index (χ1) is 10.9. The molecule has 1 aromatic heterocycles. The molecule has 23 heavy (non-hydrogen) atoms. The van der Waals surface area contributed by atoms with Gasteiger partial charge in [-0.25, -0.2) is 0 Å². The van der Waals surface area contributed by atoms with E-state index in [0.717, 1.165) is 30.6 Å². The van der Waals surface area contributed by atoms with Crippen molar-refractivity contribution in [2.24, 2.45) is 0 Å². The molecule has 0 aliphatic heterocycles. The Morgan fingerprint density at radius 1 is 1.30 bits per heavy atom. The van der Waals surface area contributed by atoms with Crippen molar-refractivity contribution < 1.29 is 4.79 Å². The van der Waals surface area contributed by atoms with E-state index in [1.54, 1.807) is 0 Å². The van der Waals surface area contributed by atoms with Crippen molar-refractivity contribution >= 4 is 5.91 Å². The molecule has 128 valence electrons. The van der Waals surface area contributed by atoms with Gasteiger partial charge in [0.1, 0.15) is 5.56 Å². The Morgan fingerprint density at radius 3 is 2.52 bits per heavy atom. The van der Waals surface area contributed by atoms with Crippen molar-refractivity contribution in [2.75, 3.05) is 20.1 Å². The van der Waals surface area contributed by atoms with Crippen molar-refractivity contribution in [3.8, 4) is 0 Å². The first kappa shape index (κ1) is 17.7.